The lowest BCUT2D eigenvalue weighted by Crippen LogP contribution is -2.21. The number of nitrogens with zero attached hydrogens (tertiary/aromatic N) is 1. The van der Waals surface area contributed by atoms with Crippen molar-refractivity contribution in [2.45, 2.75) is 8.42 Å². The van der Waals surface area contributed by atoms with Crippen LogP contribution >= 0.6 is 11.3 Å². The minimum absolute atomic E-state index is 0.0449. The van der Waals surface area contributed by atoms with Crippen LogP contribution in [0.5, 0.6) is 0 Å². The molecular weight excluding hydrogens is 260 g/mol. The largest absolute Gasteiger partial charge is 0.252 e. The van der Waals surface area contributed by atoms with Crippen molar-refractivity contribution in [2.75, 3.05) is 14.1 Å². The normalized spacial score (nSPS) is 13.3. The lowest BCUT2D eigenvalue weighted by Gasteiger charge is -2.08. The van der Waals surface area contributed by atoms with Crippen LogP contribution in [0.4, 0.5) is 0 Å². The molecular formula is C6H10N2O4S3. The van der Waals surface area contributed by atoms with Gasteiger partial charge in [-0.15, -0.1) is 11.3 Å². The molecule has 1 rings (SSSR count). The molecule has 1 aromatic rings. The van der Waals surface area contributed by atoms with Gasteiger partial charge in [0.2, 0.25) is 10.0 Å². The van der Waals surface area contributed by atoms with E-state index in [0.29, 0.717) is 11.3 Å². The Kier molecular flexibility index (Phi) is 3.22. The van der Waals surface area contributed by atoms with Gasteiger partial charge in [0, 0.05) is 14.1 Å². The maximum atomic E-state index is 11.6. The van der Waals surface area contributed by atoms with E-state index in [9.17, 15) is 16.8 Å². The molecule has 0 aliphatic carbocycles. The third-order valence-corrected chi connectivity index (χ3v) is 6.38. The highest BCUT2D eigenvalue weighted by molar-refractivity contribution is 7.93. The van der Waals surface area contributed by atoms with Crippen molar-refractivity contribution in [3.8, 4) is 0 Å². The first-order chi connectivity index (χ1) is 6.65. The molecule has 1 aromatic heterocycles. The van der Waals surface area contributed by atoms with Gasteiger partial charge in [0.1, 0.15) is 8.42 Å². The maximum Gasteiger partial charge on any atom is 0.252 e. The molecule has 0 aliphatic rings. The molecule has 0 amide bonds. The van der Waals surface area contributed by atoms with Gasteiger partial charge >= 0.3 is 0 Å². The molecule has 15 heavy (non-hydrogen) atoms. The van der Waals surface area contributed by atoms with E-state index < -0.39 is 20.0 Å². The van der Waals surface area contributed by atoms with Crippen LogP contribution in [0.25, 0.3) is 0 Å². The highest BCUT2D eigenvalue weighted by Gasteiger charge is 2.22. The van der Waals surface area contributed by atoms with Gasteiger partial charge in [0.15, 0.2) is 0 Å². The van der Waals surface area contributed by atoms with Crippen molar-refractivity contribution in [1.82, 2.24) is 4.31 Å². The Morgan fingerprint density at radius 1 is 1.13 bits per heavy atom. The molecule has 1 heterocycles. The van der Waals surface area contributed by atoms with Gasteiger partial charge in [-0.1, -0.05) is 0 Å². The van der Waals surface area contributed by atoms with Crippen molar-refractivity contribution in [3.05, 3.63) is 12.1 Å². The van der Waals surface area contributed by atoms with Gasteiger partial charge in [-0.2, -0.15) is 0 Å². The number of rotatable bonds is 3. The van der Waals surface area contributed by atoms with Crippen LogP contribution < -0.4 is 5.14 Å². The summed E-state index contributed by atoms with van der Waals surface area (Å²) in [5.74, 6) is 0. The van der Waals surface area contributed by atoms with E-state index in [1.165, 1.54) is 26.2 Å². The average molecular weight is 270 g/mol. The Morgan fingerprint density at radius 3 is 1.93 bits per heavy atom. The molecule has 0 radical (unpaired) electrons. The number of hydrogen-bond donors (Lipinski definition) is 1. The summed E-state index contributed by atoms with van der Waals surface area (Å²) >= 11 is 0.632. The quantitative estimate of drug-likeness (QED) is 0.811. The molecule has 86 valence electrons. The van der Waals surface area contributed by atoms with Crippen LogP contribution in [0, 0.1) is 0 Å². The highest BCUT2D eigenvalue weighted by Crippen LogP contribution is 2.25. The fourth-order valence-electron chi connectivity index (χ4n) is 0.775. The summed E-state index contributed by atoms with van der Waals surface area (Å²) in [6, 6.07) is 2.40. The van der Waals surface area contributed by atoms with Crippen LogP contribution in [-0.2, 0) is 20.0 Å². The third-order valence-electron chi connectivity index (χ3n) is 1.57. The van der Waals surface area contributed by atoms with Crippen LogP contribution in [-0.4, -0.2) is 35.2 Å². The Hall–Kier alpha value is -0.480. The number of hydrogen-bond acceptors (Lipinski definition) is 5. The van der Waals surface area contributed by atoms with Gasteiger partial charge in [0.25, 0.3) is 10.0 Å². The Morgan fingerprint density at radius 2 is 1.60 bits per heavy atom. The molecule has 0 unspecified atom stereocenters. The summed E-state index contributed by atoms with van der Waals surface area (Å²) in [5, 5.41) is 4.86. The van der Waals surface area contributed by atoms with E-state index in [-0.39, 0.29) is 8.42 Å². The van der Waals surface area contributed by atoms with E-state index in [1.807, 2.05) is 0 Å². The standard InChI is InChI=1S/C6H10N2O4S3/c1-8(2)15(11,12)6-4-3-5(13-6)14(7,9)10/h3-4H,1-2H3,(H2,7,9,10). The fourth-order valence-corrected chi connectivity index (χ4v) is 4.13. The number of nitrogens with two attached hydrogens (primary N) is 1. The molecule has 0 spiro atoms. The van der Waals surface area contributed by atoms with Crippen molar-refractivity contribution < 1.29 is 16.8 Å². The number of sulfonamides is 2. The summed E-state index contributed by atoms with van der Waals surface area (Å²) in [5.41, 5.74) is 0. The predicted molar refractivity (Wildman–Crippen MR) is 56.6 cm³/mol. The summed E-state index contributed by atoms with van der Waals surface area (Å²) in [7, 11) is -4.68. The summed E-state index contributed by atoms with van der Waals surface area (Å²) in [6.07, 6.45) is 0. The molecule has 9 heteroatoms. The molecule has 2 N–H and O–H groups in total. The Labute approximate surface area is 92.4 Å². The fraction of sp³-hybridized carbons (Fsp3) is 0.333. The smallest absolute Gasteiger partial charge is 0.224 e. The molecule has 0 aromatic carbocycles. The third kappa shape index (κ3) is 2.55. The SMILES string of the molecule is CN(C)S(=O)(=O)c1ccc(S(N)(=O)=O)s1. The zero-order valence-corrected chi connectivity index (χ0v) is 10.5. The van der Waals surface area contributed by atoms with Gasteiger partial charge in [-0.05, 0) is 12.1 Å². The van der Waals surface area contributed by atoms with Crippen molar-refractivity contribution in [2.24, 2.45) is 5.14 Å². The van der Waals surface area contributed by atoms with Crippen molar-refractivity contribution in [1.29, 1.82) is 0 Å². The lowest BCUT2D eigenvalue weighted by molar-refractivity contribution is 0.523. The van der Waals surface area contributed by atoms with E-state index in [0.717, 1.165) is 4.31 Å². The molecule has 0 saturated carbocycles. The Balaban J connectivity index is 3.28. The first-order valence-corrected chi connectivity index (χ1v) is 7.51. The Bertz CT molecular complexity index is 555. The van der Waals surface area contributed by atoms with Crippen molar-refractivity contribution in [3.63, 3.8) is 0 Å². The van der Waals surface area contributed by atoms with E-state index in [2.05, 4.69) is 0 Å². The molecule has 6 nitrogen and oxygen atoms in total. The zero-order valence-electron chi connectivity index (χ0n) is 8.04. The number of primary sulfonamides is 1. The summed E-state index contributed by atoms with van der Waals surface area (Å²) in [4.78, 5) is 0. The summed E-state index contributed by atoms with van der Waals surface area (Å²) < 4.78 is 45.8. The van der Waals surface area contributed by atoms with Crippen LogP contribution in [0.1, 0.15) is 0 Å². The molecule has 0 atom stereocenters. The van der Waals surface area contributed by atoms with Gasteiger partial charge in [0.05, 0.1) is 0 Å². The zero-order chi connectivity index (χ0) is 11.9. The maximum absolute atomic E-state index is 11.6. The van der Waals surface area contributed by atoms with E-state index in [1.54, 1.807) is 0 Å². The van der Waals surface area contributed by atoms with E-state index >= 15 is 0 Å². The predicted octanol–water partition coefficient (Wildman–Crippen LogP) is -0.354. The topological polar surface area (TPSA) is 97.5 Å². The monoisotopic (exact) mass is 270 g/mol. The van der Waals surface area contributed by atoms with Gasteiger partial charge < -0.3 is 0 Å². The minimum Gasteiger partial charge on any atom is -0.224 e. The lowest BCUT2D eigenvalue weighted by atomic mass is 10.7. The van der Waals surface area contributed by atoms with Crippen molar-refractivity contribution >= 4 is 31.4 Å². The second-order valence-corrected chi connectivity index (χ2v) is 8.16. The molecule has 0 saturated heterocycles. The molecule has 0 aliphatic heterocycles. The van der Waals surface area contributed by atoms with Crippen LogP contribution in [0.15, 0.2) is 20.6 Å². The second kappa shape index (κ2) is 3.83. The average Bonchev–Trinajstić information content (AvgIpc) is 2.50. The second-order valence-electron chi connectivity index (χ2n) is 2.91. The molecule has 0 fully saturated rings. The van der Waals surface area contributed by atoms with Crippen LogP contribution in [0.2, 0.25) is 0 Å². The van der Waals surface area contributed by atoms with E-state index in [4.69, 9.17) is 5.14 Å². The molecule has 0 bridgehead atoms. The van der Waals surface area contributed by atoms with Gasteiger partial charge in [-0.3, -0.25) is 0 Å². The van der Waals surface area contributed by atoms with Crippen LogP contribution in [0.3, 0.4) is 0 Å². The summed E-state index contributed by atoms with van der Waals surface area (Å²) in [6.45, 7) is 0. The number of thiophene rings is 1. The first kappa shape index (κ1) is 12.6. The first-order valence-electron chi connectivity index (χ1n) is 3.71. The van der Waals surface area contributed by atoms with Gasteiger partial charge in [-0.25, -0.2) is 26.3 Å². The minimum atomic E-state index is -3.83. The highest BCUT2D eigenvalue weighted by atomic mass is 32.3.